The van der Waals surface area contributed by atoms with Crippen LogP contribution in [0.25, 0.3) is 0 Å². The number of hydrogen-bond donors (Lipinski definition) is 1. The molecule has 0 fully saturated rings. The molecule has 1 rings (SSSR count). The quantitative estimate of drug-likeness (QED) is 0.928. The number of amides is 1. The van der Waals surface area contributed by atoms with Crippen LogP contribution in [0, 0.1) is 0 Å². The van der Waals surface area contributed by atoms with E-state index in [1.54, 1.807) is 0 Å². The van der Waals surface area contributed by atoms with Crippen LogP contribution in [0.5, 0.6) is 0 Å². The zero-order valence-electron chi connectivity index (χ0n) is 9.68. The molecule has 1 atom stereocenters. The Kier molecular flexibility index (Phi) is 4.69. The summed E-state index contributed by atoms with van der Waals surface area (Å²) >= 11 is 3.32. The van der Waals surface area contributed by atoms with Gasteiger partial charge in [0.15, 0.2) is 0 Å². The molecule has 0 aliphatic carbocycles. The predicted octanol–water partition coefficient (Wildman–Crippen LogP) is 2.27. The molecule has 1 amide bonds. The van der Waals surface area contributed by atoms with Crippen LogP contribution in [0.2, 0.25) is 0 Å². The standard InChI is InChI=1S/C12H14BrNO3/c1-8(12(16)17)14(9(2)15)7-10-3-5-11(13)6-4-10/h3-6,8H,7H2,1-2H3,(H,16,17). The lowest BCUT2D eigenvalue weighted by atomic mass is 10.2. The third-order valence-electron chi connectivity index (χ3n) is 2.50. The Morgan fingerprint density at radius 3 is 2.29 bits per heavy atom. The number of hydrogen-bond acceptors (Lipinski definition) is 2. The SMILES string of the molecule is CC(=O)N(Cc1ccc(Br)cc1)C(C)C(=O)O. The maximum atomic E-state index is 11.4. The van der Waals surface area contributed by atoms with Crippen LogP contribution in [0.1, 0.15) is 19.4 Å². The largest absolute Gasteiger partial charge is 0.480 e. The lowest BCUT2D eigenvalue weighted by molar-refractivity contribution is -0.149. The molecule has 0 aliphatic rings. The monoisotopic (exact) mass is 299 g/mol. The van der Waals surface area contributed by atoms with Crippen molar-refractivity contribution in [2.75, 3.05) is 0 Å². The van der Waals surface area contributed by atoms with Gasteiger partial charge in [0.25, 0.3) is 0 Å². The number of rotatable bonds is 4. The molecule has 4 nitrogen and oxygen atoms in total. The molecule has 0 aromatic heterocycles. The van der Waals surface area contributed by atoms with E-state index in [2.05, 4.69) is 15.9 Å². The fraction of sp³-hybridized carbons (Fsp3) is 0.333. The smallest absolute Gasteiger partial charge is 0.326 e. The molecule has 5 heteroatoms. The Labute approximate surface area is 108 Å². The topological polar surface area (TPSA) is 57.6 Å². The van der Waals surface area contributed by atoms with E-state index in [1.807, 2.05) is 24.3 Å². The van der Waals surface area contributed by atoms with Gasteiger partial charge in [-0.1, -0.05) is 28.1 Å². The fourth-order valence-electron chi connectivity index (χ4n) is 1.44. The Morgan fingerprint density at radius 2 is 1.88 bits per heavy atom. The number of halogens is 1. The molecule has 0 bridgehead atoms. The number of nitrogens with zero attached hydrogens (tertiary/aromatic N) is 1. The Bertz CT molecular complexity index is 416. The van der Waals surface area contributed by atoms with Crippen molar-refractivity contribution in [3.8, 4) is 0 Å². The van der Waals surface area contributed by atoms with Gasteiger partial charge in [-0.05, 0) is 24.6 Å². The number of carbonyl (C=O) groups is 2. The van der Waals surface area contributed by atoms with E-state index < -0.39 is 12.0 Å². The lowest BCUT2D eigenvalue weighted by Crippen LogP contribution is -2.41. The van der Waals surface area contributed by atoms with E-state index in [0.29, 0.717) is 6.54 Å². The summed E-state index contributed by atoms with van der Waals surface area (Å²) in [5.41, 5.74) is 0.900. The molecule has 17 heavy (non-hydrogen) atoms. The number of carbonyl (C=O) groups excluding carboxylic acids is 1. The highest BCUT2D eigenvalue weighted by molar-refractivity contribution is 9.10. The molecule has 0 aliphatic heterocycles. The average Bonchev–Trinajstić information content (AvgIpc) is 2.26. The number of benzene rings is 1. The molecule has 1 aromatic rings. The second kappa shape index (κ2) is 5.82. The zero-order chi connectivity index (χ0) is 13.0. The minimum absolute atomic E-state index is 0.247. The highest BCUT2D eigenvalue weighted by atomic mass is 79.9. The van der Waals surface area contributed by atoms with Crippen LogP contribution in [-0.4, -0.2) is 27.9 Å². The van der Waals surface area contributed by atoms with Crippen molar-refractivity contribution in [3.63, 3.8) is 0 Å². The van der Waals surface area contributed by atoms with Crippen LogP contribution in [0.4, 0.5) is 0 Å². The van der Waals surface area contributed by atoms with E-state index >= 15 is 0 Å². The van der Waals surface area contributed by atoms with Crippen LogP contribution in [0.15, 0.2) is 28.7 Å². The van der Waals surface area contributed by atoms with E-state index in [1.165, 1.54) is 18.7 Å². The fourth-order valence-corrected chi connectivity index (χ4v) is 1.71. The third kappa shape index (κ3) is 3.85. The summed E-state index contributed by atoms with van der Waals surface area (Å²) in [6, 6.07) is 6.61. The van der Waals surface area contributed by atoms with Crippen LogP contribution in [0.3, 0.4) is 0 Å². The van der Waals surface area contributed by atoms with E-state index in [4.69, 9.17) is 5.11 Å². The Morgan fingerprint density at radius 1 is 1.35 bits per heavy atom. The first kappa shape index (κ1) is 13.7. The highest BCUT2D eigenvalue weighted by Gasteiger charge is 2.22. The van der Waals surface area contributed by atoms with Gasteiger partial charge in [-0.25, -0.2) is 4.79 Å². The molecule has 92 valence electrons. The first-order valence-corrected chi connectivity index (χ1v) is 5.95. The van der Waals surface area contributed by atoms with Gasteiger partial charge in [-0.3, -0.25) is 4.79 Å². The molecule has 0 heterocycles. The molecule has 1 aromatic carbocycles. The Balaban J connectivity index is 2.84. The number of aliphatic carboxylic acids is 1. The second-order valence-corrected chi connectivity index (χ2v) is 4.70. The molecule has 0 spiro atoms. The zero-order valence-corrected chi connectivity index (χ0v) is 11.3. The average molecular weight is 300 g/mol. The predicted molar refractivity (Wildman–Crippen MR) is 67.5 cm³/mol. The maximum Gasteiger partial charge on any atom is 0.326 e. The summed E-state index contributed by atoms with van der Waals surface area (Å²) in [7, 11) is 0. The van der Waals surface area contributed by atoms with Crippen molar-refractivity contribution in [1.29, 1.82) is 0 Å². The molecular formula is C12H14BrNO3. The number of carboxylic acid groups (broad SMARTS) is 1. The summed E-state index contributed by atoms with van der Waals surface area (Å²) in [6.07, 6.45) is 0. The summed E-state index contributed by atoms with van der Waals surface area (Å²) in [4.78, 5) is 23.6. The van der Waals surface area contributed by atoms with Crippen molar-refractivity contribution in [2.24, 2.45) is 0 Å². The van der Waals surface area contributed by atoms with E-state index in [9.17, 15) is 9.59 Å². The van der Waals surface area contributed by atoms with E-state index in [-0.39, 0.29) is 5.91 Å². The van der Waals surface area contributed by atoms with Gasteiger partial charge in [0.05, 0.1) is 0 Å². The lowest BCUT2D eigenvalue weighted by Gasteiger charge is -2.25. The van der Waals surface area contributed by atoms with Crippen molar-refractivity contribution >= 4 is 27.8 Å². The van der Waals surface area contributed by atoms with Gasteiger partial charge in [0, 0.05) is 17.9 Å². The first-order valence-electron chi connectivity index (χ1n) is 5.16. The number of carboxylic acids is 1. The maximum absolute atomic E-state index is 11.4. The summed E-state index contributed by atoms with van der Waals surface area (Å²) in [6.45, 7) is 3.18. The minimum Gasteiger partial charge on any atom is -0.480 e. The normalized spacial score (nSPS) is 11.9. The van der Waals surface area contributed by atoms with Gasteiger partial charge in [0.2, 0.25) is 5.91 Å². The van der Waals surface area contributed by atoms with Crippen molar-refractivity contribution in [1.82, 2.24) is 4.90 Å². The van der Waals surface area contributed by atoms with Gasteiger partial charge in [-0.15, -0.1) is 0 Å². The van der Waals surface area contributed by atoms with Gasteiger partial charge in [-0.2, -0.15) is 0 Å². The molecular weight excluding hydrogens is 286 g/mol. The van der Waals surface area contributed by atoms with Gasteiger partial charge >= 0.3 is 5.97 Å². The van der Waals surface area contributed by atoms with Gasteiger partial charge < -0.3 is 10.0 Å². The summed E-state index contributed by atoms with van der Waals surface area (Å²) in [5, 5.41) is 8.92. The van der Waals surface area contributed by atoms with Crippen molar-refractivity contribution in [2.45, 2.75) is 26.4 Å². The van der Waals surface area contributed by atoms with Crippen molar-refractivity contribution < 1.29 is 14.7 Å². The van der Waals surface area contributed by atoms with Crippen molar-refractivity contribution in [3.05, 3.63) is 34.3 Å². The molecule has 0 saturated carbocycles. The summed E-state index contributed by atoms with van der Waals surface area (Å²) < 4.78 is 0.946. The minimum atomic E-state index is -1.00. The summed E-state index contributed by atoms with van der Waals surface area (Å²) in [5.74, 6) is -1.25. The molecule has 0 saturated heterocycles. The van der Waals surface area contributed by atoms with E-state index in [0.717, 1.165) is 10.0 Å². The first-order chi connectivity index (χ1) is 7.91. The van der Waals surface area contributed by atoms with Crippen LogP contribution >= 0.6 is 15.9 Å². The highest BCUT2D eigenvalue weighted by Crippen LogP contribution is 2.14. The van der Waals surface area contributed by atoms with Gasteiger partial charge in [0.1, 0.15) is 6.04 Å². The molecule has 1 N–H and O–H groups in total. The third-order valence-corrected chi connectivity index (χ3v) is 3.02. The van der Waals surface area contributed by atoms with Crippen LogP contribution in [-0.2, 0) is 16.1 Å². The Hall–Kier alpha value is -1.36. The molecule has 1 unspecified atom stereocenters. The molecule has 0 radical (unpaired) electrons. The second-order valence-electron chi connectivity index (χ2n) is 3.79. The van der Waals surface area contributed by atoms with Crippen LogP contribution < -0.4 is 0 Å².